The van der Waals surface area contributed by atoms with Crippen LogP contribution in [0.15, 0.2) is 22.6 Å². The van der Waals surface area contributed by atoms with E-state index in [4.69, 9.17) is 4.42 Å². The van der Waals surface area contributed by atoms with Crippen LogP contribution in [0, 0.1) is 10.1 Å². The van der Waals surface area contributed by atoms with Gasteiger partial charge in [-0.1, -0.05) is 6.92 Å². The third-order valence-electron chi connectivity index (χ3n) is 2.77. The van der Waals surface area contributed by atoms with Gasteiger partial charge in [-0.3, -0.25) is 10.1 Å². The lowest BCUT2D eigenvalue weighted by molar-refractivity contribution is -0.384. The van der Waals surface area contributed by atoms with Crippen LogP contribution in [0.3, 0.4) is 0 Å². The molecule has 102 valence electrons. The summed E-state index contributed by atoms with van der Waals surface area (Å²) in [4.78, 5) is 14.5. The number of nitrogens with one attached hydrogen (secondary N) is 1. The second-order valence-electron chi connectivity index (χ2n) is 4.13. The minimum absolute atomic E-state index is 0.0171. The number of rotatable bonds is 6. The zero-order valence-corrected chi connectivity index (χ0v) is 11.6. The first kappa shape index (κ1) is 13.7. The summed E-state index contributed by atoms with van der Waals surface area (Å²) < 4.78 is 5.53. The van der Waals surface area contributed by atoms with Crippen LogP contribution in [-0.4, -0.2) is 28.0 Å². The first-order valence-corrected chi connectivity index (χ1v) is 7.34. The van der Waals surface area contributed by atoms with E-state index in [0.29, 0.717) is 17.1 Å². The number of nitrogens with zero attached hydrogens (tertiary/aromatic N) is 2. The van der Waals surface area contributed by atoms with Crippen LogP contribution in [0.4, 0.5) is 11.7 Å². The summed E-state index contributed by atoms with van der Waals surface area (Å²) in [5.41, 5.74) is 1.06. The van der Waals surface area contributed by atoms with Gasteiger partial charge in [-0.2, -0.15) is 16.7 Å². The molecule has 0 aliphatic carbocycles. The number of hydrogen-bond donors (Lipinski definition) is 1. The molecule has 1 unspecified atom stereocenters. The first-order valence-electron chi connectivity index (χ1n) is 5.94. The molecule has 0 saturated heterocycles. The highest BCUT2D eigenvalue weighted by atomic mass is 32.2. The molecule has 0 aliphatic rings. The van der Waals surface area contributed by atoms with Gasteiger partial charge in [0.05, 0.1) is 4.92 Å². The highest BCUT2D eigenvalue weighted by molar-refractivity contribution is 7.98. The molecule has 2 aromatic rings. The van der Waals surface area contributed by atoms with E-state index < -0.39 is 4.92 Å². The third kappa shape index (κ3) is 3.17. The predicted octanol–water partition coefficient (Wildman–Crippen LogP) is 3.29. The van der Waals surface area contributed by atoms with Gasteiger partial charge >= 0.3 is 0 Å². The normalized spacial score (nSPS) is 12.5. The number of fused-ring (bicyclic) bond motifs is 1. The molecule has 0 fully saturated rings. The highest BCUT2D eigenvalue weighted by Crippen LogP contribution is 2.24. The zero-order valence-electron chi connectivity index (χ0n) is 10.8. The fourth-order valence-electron chi connectivity index (χ4n) is 1.73. The Morgan fingerprint density at radius 2 is 2.37 bits per heavy atom. The topological polar surface area (TPSA) is 81.2 Å². The number of oxazole rings is 1. The molecule has 19 heavy (non-hydrogen) atoms. The molecule has 1 aromatic carbocycles. The van der Waals surface area contributed by atoms with Crippen molar-refractivity contribution in [1.29, 1.82) is 0 Å². The monoisotopic (exact) mass is 281 g/mol. The Labute approximate surface area is 114 Å². The molecule has 0 aliphatic heterocycles. The van der Waals surface area contributed by atoms with Crippen LogP contribution in [0.25, 0.3) is 11.1 Å². The second-order valence-corrected chi connectivity index (χ2v) is 5.04. The quantitative estimate of drug-likeness (QED) is 0.646. The van der Waals surface area contributed by atoms with E-state index in [0.717, 1.165) is 12.2 Å². The minimum Gasteiger partial charge on any atom is -0.424 e. The summed E-state index contributed by atoms with van der Waals surface area (Å²) in [5.74, 6) is 0.954. The van der Waals surface area contributed by atoms with Crippen LogP contribution in [0.2, 0.25) is 0 Å². The summed E-state index contributed by atoms with van der Waals surface area (Å²) in [6.45, 7) is 2.08. The lowest BCUT2D eigenvalue weighted by Crippen LogP contribution is -2.21. The molecule has 1 aromatic heterocycles. The highest BCUT2D eigenvalue weighted by Gasteiger charge is 2.13. The van der Waals surface area contributed by atoms with Crippen molar-refractivity contribution in [2.75, 3.05) is 17.3 Å². The number of nitro benzene ring substituents is 1. The number of non-ortho nitro benzene ring substituents is 1. The number of thioether (sulfide) groups is 1. The molecule has 1 atom stereocenters. The van der Waals surface area contributed by atoms with Gasteiger partial charge in [-0.15, -0.1) is 0 Å². The van der Waals surface area contributed by atoms with Crippen LogP contribution in [0.1, 0.15) is 13.3 Å². The van der Waals surface area contributed by atoms with Crippen molar-refractivity contribution in [3.8, 4) is 0 Å². The minimum atomic E-state index is -0.441. The van der Waals surface area contributed by atoms with Crippen LogP contribution < -0.4 is 5.32 Å². The lowest BCUT2D eigenvalue weighted by atomic mass is 10.3. The molecule has 0 spiro atoms. The SMILES string of the molecule is CCC(CSC)Nc1nc2cc([N+](=O)[O-])ccc2o1. The number of hydrogen-bond acceptors (Lipinski definition) is 6. The van der Waals surface area contributed by atoms with Crippen LogP contribution in [-0.2, 0) is 0 Å². The Morgan fingerprint density at radius 3 is 3.00 bits per heavy atom. The molecule has 1 heterocycles. The van der Waals surface area contributed by atoms with E-state index in [-0.39, 0.29) is 11.7 Å². The fourth-order valence-corrected chi connectivity index (χ4v) is 2.45. The van der Waals surface area contributed by atoms with Crippen molar-refractivity contribution in [1.82, 2.24) is 4.98 Å². The van der Waals surface area contributed by atoms with Gasteiger partial charge in [0.2, 0.25) is 0 Å². The van der Waals surface area contributed by atoms with Crippen LogP contribution >= 0.6 is 11.8 Å². The molecule has 0 saturated carbocycles. The molecule has 1 N–H and O–H groups in total. The average Bonchev–Trinajstić information content (AvgIpc) is 2.79. The van der Waals surface area contributed by atoms with Gasteiger partial charge in [0, 0.05) is 23.9 Å². The Morgan fingerprint density at radius 1 is 1.58 bits per heavy atom. The predicted molar refractivity (Wildman–Crippen MR) is 76.7 cm³/mol. The van der Waals surface area contributed by atoms with Crippen LogP contribution in [0.5, 0.6) is 0 Å². The van der Waals surface area contributed by atoms with Gasteiger partial charge in [0.1, 0.15) is 5.52 Å². The summed E-state index contributed by atoms with van der Waals surface area (Å²) >= 11 is 1.75. The molecule has 7 heteroatoms. The van der Waals surface area contributed by atoms with Crippen molar-refractivity contribution in [3.05, 3.63) is 28.3 Å². The molecule has 2 rings (SSSR count). The average molecular weight is 281 g/mol. The summed E-state index contributed by atoms with van der Waals surface area (Å²) in [7, 11) is 0. The summed E-state index contributed by atoms with van der Waals surface area (Å²) in [6, 6.07) is 5.09. The van der Waals surface area contributed by atoms with Gasteiger partial charge in [-0.25, -0.2) is 0 Å². The Bertz CT molecular complexity index is 585. The number of nitro groups is 1. The molecular formula is C12H15N3O3S. The molecule has 0 amide bonds. The smallest absolute Gasteiger partial charge is 0.295 e. The molecule has 6 nitrogen and oxygen atoms in total. The molecule has 0 radical (unpaired) electrons. The van der Waals surface area contributed by atoms with E-state index in [9.17, 15) is 10.1 Å². The number of aromatic nitrogens is 1. The number of benzene rings is 1. The van der Waals surface area contributed by atoms with Gasteiger partial charge < -0.3 is 9.73 Å². The van der Waals surface area contributed by atoms with Crippen molar-refractivity contribution in [2.45, 2.75) is 19.4 Å². The summed E-state index contributed by atoms with van der Waals surface area (Å²) in [5, 5.41) is 13.9. The van der Waals surface area contributed by atoms with E-state index in [1.807, 2.05) is 6.26 Å². The van der Waals surface area contributed by atoms with Crippen molar-refractivity contribution < 1.29 is 9.34 Å². The van der Waals surface area contributed by atoms with E-state index in [2.05, 4.69) is 17.2 Å². The Balaban J connectivity index is 2.23. The van der Waals surface area contributed by atoms with E-state index >= 15 is 0 Å². The molecular weight excluding hydrogens is 266 g/mol. The maximum absolute atomic E-state index is 10.7. The van der Waals surface area contributed by atoms with E-state index in [1.54, 1.807) is 17.8 Å². The van der Waals surface area contributed by atoms with Crippen molar-refractivity contribution in [2.24, 2.45) is 0 Å². The van der Waals surface area contributed by atoms with Gasteiger partial charge in [0.15, 0.2) is 5.58 Å². The van der Waals surface area contributed by atoms with Gasteiger partial charge in [0.25, 0.3) is 11.7 Å². The lowest BCUT2D eigenvalue weighted by Gasteiger charge is -2.13. The van der Waals surface area contributed by atoms with Crippen molar-refractivity contribution in [3.63, 3.8) is 0 Å². The maximum atomic E-state index is 10.7. The first-order chi connectivity index (χ1) is 9.13. The van der Waals surface area contributed by atoms with Gasteiger partial charge in [-0.05, 0) is 18.7 Å². The zero-order chi connectivity index (χ0) is 13.8. The Hall–Kier alpha value is -1.76. The largest absolute Gasteiger partial charge is 0.424 e. The summed E-state index contributed by atoms with van der Waals surface area (Å²) in [6.07, 6.45) is 3.00. The Kier molecular flexibility index (Phi) is 4.26. The van der Waals surface area contributed by atoms with E-state index in [1.165, 1.54) is 12.1 Å². The number of anilines is 1. The fraction of sp³-hybridized carbons (Fsp3) is 0.417. The standard InChI is InChI=1S/C12H15N3O3S/c1-3-8(7-19-2)13-12-14-10-6-9(15(16)17)4-5-11(10)18-12/h4-6,8H,3,7H2,1-2H3,(H,13,14). The maximum Gasteiger partial charge on any atom is 0.295 e. The van der Waals surface area contributed by atoms with Crippen molar-refractivity contribution >= 4 is 34.6 Å². The second kappa shape index (κ2) is 5.92. The third-order valence-corrected chi connectivity index (χ3v) is 3.51. The molecule has 0 bridgehead atoms.